The van der Waals surface area contributed by atoms with Gasteiger partial charge in [-0.25, -0.2) is 9.18 Å². The van der Waals surface area contributed by atoms with Crippen molar-refractivity contribution >= 4 is 17.6 Å². The standard InChI is InChI=1S/C19H17F4N3O2/c20-15-6-1-2-7-16(15)24-18(28)26-10-8-25(9-11-26)17(27)13-4-3-5-14(12-13)19(21,22)23/h1-7,12H,8-11H2,(H,24,28). The van der Waals surface area contributed by atoms with Gasteiger partial charge in [0, 0.05) is 31.7 Å². The highest BCUT2D eigenvalue weighted by Gasteiger charge is 2.32. The topological polar surface area (TPSA) is 52.7 Å². The molecule has 0 unspecified atom stereocenters. The average Bonchev–Trinajstić information content (AvgIpc) is 2.69. The van der Waals surface area contributed by atoms with E-state index >= 15 is 0 Å². The summed E-state index contributed by atoms with van der Waals surface area (Å²) in [5.41, 5.74) is -0.893. The molecule has 28 heavy (non-hydrogen) atoms. The smallest absolute Gasteiger partial charge is 0.335 e. The van der Waals surface area contributed by atoms with E-state index in [0.29, 0.717) is 0 Å². The van der Waals surface area contributed by atoms with Gasteiger partial charge in [0.05, 0.1) is 11.3 Å². The Kier molecular flexibility index (Phi) is 5.53. The first-order chi connectivity index (χ1) is 13.3. The number of carbonyl (C=O) groups excluding carboxylic acids is 2. The third-order valence-electron chi connectivity index (χ3n) is 4.41. The van der Waals surface area contributed by atoms with Crippen LogP contribution >= 0.6 is 0 Å². The first kappa shape index (κ1) is 19.7. The number of halogens is 4. The van der Waals surface area contributed by atoms with Gasteiger partial charge in [0.25, 0.3) is 5.91 Å². The van der Waals surface area contributed by atoms with Gasteiger partial charge < -0.3 is 15.1 Å². The van der Waals surface area contributed by atoms with E-state index in [9.17, 15) is 27.2 Å². The number of para-hydroxylation sites is 1. The van der Waals surface area contributed by atoms with E-state index in [1.807, 2.05) is 0 Å². The maximum atomic E-state index is 13.6. The highest BCUT2D eigenvalue weighted by Crippen LogP contribution is 2.29. The number of nitrogens with zero attached hydrogens (tertiary/aromatic N) is 2. The minimum absolute atomic E-state index is 0.0509. The van der Waals surface area contributed by atoms with Crippen molar-refractivity contribution in [1.82, 2.24) is 9.80 Å². The molecule has 0 aliphatic carbocycles. The van der Waals surface area contributed by atoms with Crippen LogP contribution in [-0.4, -0.2) is 47.9 Å². The van der Waals surface area contributed by atoms with Gasteiger partial charge in [0.1, 0.15) is 5.82 Å². The van der Waals surface area contributed by atoms with Gasteiger partial charge in [0.15, 0.2) is 0 Å². The largest absolute Gasteiger partial charge is 0.416 e. The molecular weight excluding hydrogens is 378 g/mol. The first-order valence-electron chi connectivity index (χ1n) is 8.53. The Hall–Kier alpha value is -3.10. The van der Waals surface area contributed by atoms with Gasteiger partial charge >= 0.3 is 12.2 Å². The summed E-state index contributed by atoms with van der Waals surface area (Å²) < 4.78 is 52.1. The summed E-state index contributed by atoms with van der Waals surface area (Å²) in [6.07, 6.45) is -4.53. The van der Waals surface area contributed by atoms with Crippen molar-refractivity contribution < 1.29 is 27.2 Å². The Labute approximate surface area is 158 Å². The minimum atomic E-state index is -4.53. The molecule has 5 nitrogen and oxygen atoms in total. The number of alkyl halides is 3. The van der Waals surface area contributed by atoms with Crippen LogP contribution in [0.5, 0.6) is 0 Å². The molecule has 1 aliphatic rings. The molecule has 0 aromatic heterocycles. The summed E-state index contributed by atoms with van der Waals surface area (Å²) in [5, 5.41) is 2.46. The summed E-state index contributed by atoms with van der Waals surface area (Å²) in [5.74, 6) is -1.09. The van der Waals surface area contributed by atoms with Gasteiger partial charge in [-0.15, -0.1) is 0 Å². The van der Waals surface area contributed by atoms with E-state index in [0.717, 1.165) is 12.1 Å². The average molecular weight is 395 g/mol. The van der Waals surface area contributed by atoms with Crippen molar-refractivity contribution in [3.8, 4) is 0 Å². The molecule has 3 amide bonds. The van der Waals surface area contributed by atoms with Crippen molar-refractivity contribution in [2.45, 2.75) is 6.18 Å². The van der Waals surface area contributed by atoms with Crippen molar-refractivity contribution in [1.29, 1.82) is 0 Å². The maximum Gasteiger partial charge on any atom is 0.416 e. The summed E-state index contributed by atoms with van der Waals surface area (Å²) in [4.78, 5) is 27.5. The molecule has 1 saturated heterocycles. The molecule has 1 N–H and O–H groups in total. The molecule has 0 bridgehead atoms. The zero-order chi connectivity index (χ0) is 20.3. The third kappa shape index (κ3) is 4.41. The fourth-order valence-electron chi connectivity index (χ4n) is 2.88. The van der Waals surface area contributed by atoms with Gasteiger partial charge in [0.2, 0.25) is 0 Å². The van der Waals surface area contributed by atoms with Gasteiger partial charge in [-0.2, -0.15) is 13.2 Å². The molecule has 3 rings (SSSR count). The lowest BCUT2D eigenvalue weighted by Crippen LogP contribution is -2.51. The van der Waals surface area contributed by atoms with Crippen LogP contribution in [0, 0.1) is 5.82 Å². The van der Waals surface area contributed by atoms with Crippen LogP contribution in [0.4, 0.5) is 28.0 Å². The molecule has 2 aromatic rings. The molecule has 0 atom stereocenters. The monoisotopic (exact) mass is 395 g/mol. The maximum absolute atomic E-state index is 13.6. The Bertz CT molecular complexity index is 877. The molecular formula is C19H17F4N3O2. The first-order valence-corrected chi connectivity index (χ1v) is 8.53. The molecule has 0 radical (unpaired) electrons. The van der Waals surface area contributed by atoms with Gasteiger partial charge in [-0.3, -0.25) is 4.79 Å². The van der Waals surface area contributed by atoms with Crippen molar-refractivity contribution in [3.63, 3.8) is 0 Å². The number of nitrogens with one attached hydrogen (secondary N) is 1. The van der Waals surface area contributed by atoms with Crippen LogP contribution in [0.1, 0.15) is 15.9 Å². The summed E-state index contributed by atoms with van der Waals surface area (Å²) in [6, 6.07) is 9.48. The molecule has 2 aromatic carbocycles. The van der Waals surface area contributed by atoms with E-state index in [-0.39, 0.29) is 37.4 Å². The van der Waals surface area contributed by atoms with Gasteiger partial charge in [-0.1, -0.05) is 18.2 Å². The molecule has 1 aliphatic heterocycles. The van der Waals surface area contributed by atoms with E-state index in [1.165, 1.54) is 40.1 Å². The highest BCUT2D eigenvalue weighted by atomic mass is 19.4. The van der Waals surface area contributed by atoms with Crippen LogP contribution in [0.3, 0.4) is 0 Å². The molecule has 9 heteroatoms. The fraction of sp³-hybridized carbons (Fsp3) is 0.263. The molecule has 148 valence electrons. The third-order valence-corrected chi connectivity index (χ3v) is 4.41. The Balaban J connectivity index is 1.60. The second kappa shape index (κ2) is 7.87. The van der Waals surface area contributed by atoms with Crippen molar-refractivity contribution in [2.75, 3.05) is 31.5 Å². The van der Waals surface area contributed by atoms with Crippen LogP contribution < -0.4 is 5.32 Å². The number of hydrogen-bond acceptors (Lipinski definition) is 2. The fourth-order valence-corrected chi connectivity index (χ4v) is 2.88. The number of rotatable bonds is 2. The van der Waals surface area contributed by atoms with E-state index in [2.05, 4.69) is 5.32 Å². The lowest BCUT2D eigenvalue weighted by Gasteiger charge is -2.34. The van der Waals surface area contributed by atoms with E-state index < -0.39 is 29.5 Å². The lowest BCUT2D eigenvalue weighted by molar-refractivity contribution is -0.137. The van der Waals surface area contributed by atoms with Crippen molar-refractivity contribution in [3.05, 3.63) is 65.5 Å². The zero-order valence-electron chi connectivity index (χ0n) is 14.7. The Morgan fingerprint density at radius 2 is 1.54 bits per heavy atom. The SMILES string of the molecule is O=C(Nc1ccccc1F)N1CCN(C(=O)c2cccc(C(F)(F)F)c2)CC1. The number of hydrogen-bond donors (Lipinski definition) is 1. The minimum Gasteiger partial charge on any atom is -0.335 e. The number of benzene rings is 2. The van der Waals surface area contributed by atoms with Crippen LogP contribution in [0.25, 0.3) is 0 Å². The normalized spacial score (nSPS) is 14.7. The number of piperazine rings is 1. The van der Waals surface area contributed by atoms with Crippen molar-refractivity contribution in [2.24, 2.45) is 0 Å². The molecule has 0 spiro atoms. The molecule has 1 heterocycles. The number of amides is 3. The second-order valence-corrected chi connectivity index (χ2v) is 6.27. The van der Waals surface area contributed by atoms with E-state index in [1.54, 1.807) is 6.07 Å². The van der Waals surface area contributed by atoms with Crippen LogP contribution in [0.15, 0.2) is 48.5 Å². The van der Waals surface area contributed by atoms with Crippen LogP contribution in [0.2, 0.25) is 0 Å². The number of urea groups is 1. The quantitative estimate of drug-likeness (QED) is 0.786. The molecule has 1 fully saturated rings. The summed E-state index contributed by atoms with van der Waals surface area (Å²) in [7, 11) is 0. The predicted octanol–water partition coefficient (Wildman–Crippen LogP) is 3.83. The lowest BCUT2D eigenvalue weighted by atomic mass is 10.1. The Morgan fingerprint density at radius 1 is 0.893 bits per heavy atom. The highest BCUT2D eigenvalue weighted by molar-refractivity contribution is 5.95. The van der Waals surface area contributed by atoms with E-state index in [4.69, 9.17) is 0 Å². The zero-order valence-corrected chi connectivity index (χ0v) is 14.7. The van der Waals surface area contributed by atoms with Crippen LogP contribution in [-0.2, 0) is 6.18 Å². The Morgan fingerprint density at radius 3 is 2.18 bits per heavy atom. The second-order valence-electron chi connectivity index (χ2n) is 6.27. The summed E-state index contributed by atoms with van der Waals surface area (Å²) in [6.45, 7) is 0.704. The van der Waals surface area contributed by atoms with Gasteiger partial charge in [-0.05, 0) is 30.3 Å². The number of carbonyl (C=O) groups is 2. The molecule has 0 saturated carbocycles. The summed E-state index contributed by atoms with van der Waals surface area (Å²) >= 11 is 0. The predicted molar refractivity (Wildman–Crippen MR) is 94.3 cm³/mol. The number of anilines is 1.